The molecule has 2 aliphatic heterocycles. The summed E-state index contributed by atoms with van der Waals surface area (Å²) >= 11 is 1.48. The predicted molar refractivity (Wildman–Crippen MR) is 250 cm³/mol. The number of likely N-dealkylation sites (tertiary alicyclic amines) is 1. The summed E-state index contributed by atoms with van der Waals surface area (Å²) in [6.07, 6.45) is 7.65. The predicted octanol–water partition coefficient (Wildman–Crippen LogP) is 4.52. The van der Waals surface area contributed by atoms with E-state index in [9.17, 15) is 28.8 Å². The highest BCUT2D eigenvalue weighted by atomic mass is 32.1. The van der Waals surface area contributed by atoms with Crippen LogP contribution >= 0.6 is 11.3 Å². The van der Waals surface area contributed by atoms with Gasteiger partial charge in [0.05, 0.1) is 36.6 Å². The van der Waals surface area contributed by atoms with Gasteiger partial charge in [0.15, 0.2) is 11.3 Å². The average Bonchev–Trinajstić information content (AvgIpc) is 3.59. The van der Waals surface area contributed by atoms with Crippen LogP contribution in [-0.4, -0.2) is 131 Å². The third kappa shape index (κ3) is 11.6. The fourth-order valence-electron chi connectivity index (χ4n) is 10.2. The van der Waals surface area contributed by atoms with Crippen molar-refractivity contribution in [3.8, 4) is 0 Å². The number of ketones is 1. The zero-order valence-corrected chi connectivity index (χ0v) is 40.8. The highest BCUT2D eigenvalue weighted by Gasteiger charge is 2.64. The maximum Gasteiger partial charge on any atom is 0.253 e. The lowest BCUT2D eigenvalue weighted by Crippen LogP contribution is -2.73. The molecule has 3 aliphatic rings. The van der Waals surface area contributed by atoms with E-state index >= 15 is 4.79 Å². The molecule has 1 saturated heterocycles. The summed E-state index contributed by atoms with van der Waals surface area (Å²) in [5.74, 6) is -4.22. The second-order valence-corrected chi connectivity index (χ2v) is 19.5. The van der Waals surface area contributed by atoms with Crippen LogP contribution in [-0.2, 0) is 49.5 Å². The number of nitrogens with two attached hydrogens (primary N) is 1. The number of likely N-dealkylation sites (N-methyl/N-ethyl adjacent to an activating group) is 1. The molecule has 0 unspecified atom stereocenters. The molecule has 0 spiro atoms. The van der Waals surface area contributed by atoms with Crippen molar-refractivity contribution in [2.24, 2.45) is 23.5 Å². The molecule has 8 atom stereocenters. The second-order valence-electron chi connectivity index (χ2n) is 18.6. The van der Waals surface area contributed by atoms with Gasteiger partial charge in [0.1, 0.15) is 10.5 Å². The van der Waals surface area contributed by atoms with Crippen molar-refractivity contribution in [1.82, 2.24) is 30.3 Å². The molecule has 3 heterocycles. The van der Waals surface area contributed by atoms with Crippen LogP contribution in [0.4, 0.5) is 0 Å². The van der Waals surface area contributed by atoms with Gasteiger partial charge in [0, 0.05) is 63.5 Å². The minimum absolute atomic E-state index is 0.0772. The minimum atomic E-state index is -1.88. The summed E-state index contributed by atoms with van der Waals surface area (Å²) in [7, 11) is 4.77. The molecule has 1 aromatic carbocycles. The lowest BCUT2D eigenvalue weighted by atomic mass is 9.74. The van der Waals surface area contributed by atoms with Gasteiger partial charge in [0.2, 0.25) is 23.6 Å². The number of ether oxygens (including phenoxy) is 2. The number of rotatable bonds is 27. The van der Waals surface area contributed by atoms with E-state index in [4.69, 9.17) is 15.2 Å². The number of imide groups is 1. The van der Waals surface area contributed by atoms with Gasteiger partial charge >= 0.3 is 0 Å². The van der Waals surface area contributed by atoms with E-state index in [0.29, 0.717) is 64.3 Å². The van der Waals surface area contributed by atoms with Crippen LogP contribution in [0.3, 0.4) is 0 Å². The fraction of sp³-hybridized carbons (Fsp3) is 0.633. The molecule has 0 bridgehead atoms. The first-order valence-electron chi connectivity index (χ1n) is 23.5. The first-order chi connectivity index (χ1) is 31.5. The Hall–Kier alpha value is -4.84. The van der Waals surface area contributed by atoms with Gasteiger partial charge in [0.25, 0.3) is 11.8 Å². The molecule has 16 nitrogen and oxygen atoms in total. The van der Waals surface area contributed by atoms with Crippen LogP contribution in [0.15, 0.2) is 54.1 Å². The topological polar surface area (TPSA) is 211 Å². The molecule has 5 rings (SSSR count). The fourth-order valence-corrected chi connectivity index (χ4v) is 10.9. The number of carbonyl (C=O) groups is 7. The van der Waals surface area contributed by atoms with Crippen molar-refractivity contribution >= 4 is 52.6 Å². The van der Waals surface area contributed by atoms with Gasteiger partial charge in [-0.1, -0.05) is 77.8 Å². The number of hydrogen-bond donors (Lipinski definition) is 3. The summed E-state index contributed by atoms with van der Waals surface area (Å²) in [6.45, 7) is 10.1. The number of aromatic nitrogens is 1. The molecule has 2 aromatic rings. The van der Waals surface area contributed by atoms with E-state index in [1.807, 2.05) is 56.5 Å². The summed E-state index contributed by atoms with van der Waals surface area (Å²) in [4.78, 5) is 104. The molecule has 6 amide bonds. The number of nitrogens with one attached hydrogen (secondary N) is 2. The van der Waals surface area contributed by atoms with Crippen molar-refractivity contribution in [3.63, 3.8) is 0 Å². The summed E-state index contributed by atoms with van der Waals surface area (Å²) < 4.78 is 12.2. The normalized spacial score (nSPS) is 20.4. The molecule has 66 heavy (non-hydrogen) atoms. The van der Waals surface area contributed by atoms with Crippen molar-refractivity contribution in [3.05, 3.63) is 64.6 Å². The van der Waals surface area contributed by atoms with Gasteiger partial charge in [-0.2, -0.15) is 0 Å². The maximum absolute atomic E-state index is 15.0. The molecule has 362 valence electrons. The second kappa shape index (κ2) is 23.3. The Balaban J connectivity index is 1.29. The van der Waals surface area contributed by atoms with Crippen LogP contribution in [0.5, 0.6) is 0 Å². The Labute approximate surface area is 393 Å². The highest BCUT2D eigenvalue weighted by molar-refractivity contribution is 7.09. The number of unbranched alkanes of at least 4 members (excludes halogenated alkanes) is 2. The van der Waals surface area contributed by atoms with Crippen LogP contribution in [0.25, 0.3) is 0 Å². The number of carbonyl (C=O) groups excluding carboxylic acids is 7. The van der Waals surface area contributed by atoms with Crippen LogP contribution < -0.4 is 16.4 Å². The molecule has 1 aliphatic carbocycles. The maximum atomic E-state index is 15.0. The molecule has 1 saturated carbocycles. The van der Waals surface area contributed by atoms with E-state index in [1.165, 1.54) is 35.5 Å². The van der Waals surface area contributed by atoms with Gasteiger partial charge in [-0.05, 0) is 69.4 Å². The number of benzene rings is 1. The highest BCUT2D eigenvalue weighted by Crippen LogP contribution is 2.45. The van der Waals surface area contributed by atoms with Crippen LogP contribution in [0, 0.1) is 17.8 Å². The smallest absolute Gasteiger partial charge is 0.253 e. The Morgan fingerprint density at radius 1 is 1.00 bits per heavy atom. The molecule has 0 radical (unpaired) electrons. The number of nitrogens with zero attached hydrogens (tertiary/aromatic N) is 4. The first kappa shape index (κ1) is 52.1. The van der Waals surface area contributed by atoms with E-state index in [1.54, 1.807) is 44.0 Å². The van der Waals surface area contributed by atoms with E-state index in [-0.39, 0.29) is 60.9 Å². The Kier molecular flexibility index (Phi) is 18.4. The number of methoxy groups -OCH3 is 2. The quantitative estimate of drug-likeness (QED) is 0.0645. The number of Topliss-reactive ketones (excluding diaryl/α,β-unsaturated/α-hetero) is 1. The number of thiazole rings is 1. The third-order valence-corrected chi connectivity index (χ3v) is 15.0. The summed E-state index contributed by atoms with van der Waals surface area (Å²) in [5.41, 5.74) is 4.20. The number of amides is 6. The lowest BCUT2D eigenvalue weighted by Gasteiger charge is -2.50. The SMILES string of the molecule is CC[C@H](C)[C@@H]([C@@H](CC(=O)N1CCC[C@H]1[C@H](OC)[C@@H](C)C(=O)N[C@@H](Cc1ccccc1)c1nccs1)OC)N(C)[C@@](C(N)=O)(C(=O)C1(NC(=O)CCCCCN2C(=O)C=CC2=O)CC1)C(C)C. The standard InChI is InChI=1S/C49H71N7O9S/c1-9-32(4)42(54(6)49(31(2)3,47(50)63)46(62)48(23-24-48)53-38(57)20-14-11-15-26-56-39(58)21-22-40(56)59)37(64-7)30-41(60)55-27-16-19-36(55)43(65-8)33(5)44(61)52-35(45-51-25-28-66-45)29-34-17-12-10-13-18-34/h10,12-13,17-18,21-22,25,28,31-33,35-37,42-43H,9,11,14-16,19-20,23-24,26-27,29-30H2,1-8H3,(H2,50,63)(H,52,61)(H,53,57)/t32-,33+,35-,36-,37+,42-,43+,49+/m0/s1. The summed E-state index contributed by atoms with van der Waals surface area (Å²) in [5, 5.41) is 8.86. The van der Waals surface area contributed by atoms with Gasteiger partial charge in [-0.15, -0.1) is 11.3 Å². The van der Waals surface area contributed by atoms with Crippen molar-refractivity contribution < 1.29 is 43.0 Å². The first-order valence-corrected chi connectivity index (χ1v) is 24.4. The Bertz CT molecular complexity index is 2030. The van der Waals surface area contributed by atoms with Gasteiger partial charge < -0.3 is 30.7 Å². The van der Waals surface area contributed by atoms with Gasteiger partial charge in [-0.3, -0.25) is 43.4 Å². The van der Waals surface area contributed by atoms with Crippen molar-refractivity contribution in [2.75, 3.05) is 34.4 Å². The van der Waals surface area contributed by atoms with Crippen LogP contribution in [0.1, 0.15) is 115 Å². The number of primary amides is 1. The van der Waals surface area contributed by atoms with Crippen LogP contribution in [0.2, 0.25) is 0 Å². The zero-order chi connectivity index (χ0) is 48.3. The Morgan fingerprint density at radius 2 is 1.68 bits per heavy atom. The monoisotopic (exact) mass is 934 g/mol. The molecule has 2 fully saturated rings. The Morgan fingerprint density at radius 3 is 2.24 bits per heavy atom. The minimum Gasteiger partial charge on any atom is -0.379 e. The molecular weight excluding hydrogens is 863 g/mol. The van der Waals surface area contributed by atoms with Gasteiger partial charge in [-0.25, -0.2) is 4.98 Å². The third-order valence-electron chi connectivity index (χ3n) is 14.1. The molecule has 4 N–H and O–H groups in total. The molecule has 17 heteroatoms. The van der Waals surface area contributed by atoms with Crippen molar-refractivity contribution in [1.29, 1.82) is 0 Å². The molecule has 1 aromatic heterocycles. The zero-order valence-electron chi connectivity index (χ0n) is 40.0. The summed E-state index contributed by atoms with van der Waals surface area (Å²) in [6, 6.07) is 8.52. The van der Waals surface area contributed by atoms with E-state index in [0.717, 1.165) is 10.6 Å². The largest absolute Gasteiger partial charge is 0.379 e. The van der Waals surface area contributed by atoms with E-state index in [2.05, 4.69) is 15.6 Å². The number of hydrogen-bond acceptors (Lipinski definition) is 12. The van der Waals surface area contributed by atoms with Crippen molar-refractivity contribution in [2.45, 2.75) is 147 Å². The van der Waals surface area contributed by atoms with E-state index < -0.39 is 58.9 Å². The lowest BCUT2D eigenvalue weighted by molar-refractivity contribution is -0.157. The molecular formula is C49H71N7O9S. The average molecular weight is 934 g/mol.